The highest BCUT2D eigenvalue weighted by molar-refractivity contribution is 5.81. The number of nitrogens with zero attached hydrogens (tertiary/aromatic N) is 1. The molecule has 2 aromatic rings. The van der Waals surface area contributed by atoms with Crippen molar-refractivity contribution in [1.29, 1.82) is 0 Å². The molecule has 0 aliphatic rings. The van der Waals surface area contributed by atoms with Crippen LogP contribution >= 0.6 is 0 Å². The van der Waals surface area contributed by atoms with E-state index in [0.29, 0.717) is 12.8 Å². The SMILES string of the molecule is Cc1ccc(F)cc1CC(=O)CCc1ccccn1. The number of pyridine rings is 1. The Bertz CT molecular complexity index is 566. The summed E-state index contributed by atoms with van der Waals surface area (Å²) in [4.78, 5) is 16.1. The van der Waals surface area contributed by atoms with Gasteiger partial charge in [0.2, 0.25) is 0 Å². The van der Waals surface area contributed by atoms with Gasteiger partial charge in [-0.2, -0.15) is 0 Å². The van der Waals surface area contributed by atoms with Crippen LogP contribution in [0, 0.1) is 12.7 Å². The van der Waals surface area contributed by atoms with Gasteiger partial charge in [-0.25, -0.2) is 4.39 Å². The van der Waals surface area contributed by atoms with Crippen LogP contribution in [-0.4, -0.2) is 10.8 Å². The minimum atomic E-state index is -0.293. The second-order valence-electron chi connectivity index (χ2n) is 4.61. The monoisotopic (exact) mass is 257 g/mol. The summed E-state index contributed by atoms with van der Waals surface area (Å²) in [6.45, 7) is 1.89. The van der Waals surface area contributed by atoms with Gasteiger partial charge in [-0.05, 0) is 48.7 Å². The minimum absolute atomic E-state index is 0.111. The highest BCUT2D eigenvalue weighted by atomic mass is 19.1. The molecule has 2 rings (SSSR count). The molecule has 0 aliphatic carbocycles. The Balaban J connectivity index is 1.93. The maximum atomic E-state index is 13.1. The number of Topliss-reactive ketones (excluding diaryl/α,β-unsaturated/α-hetero) is 1. The molecule has 0 unspecified atom stereocenters. The summed E-state index contributed by atoms with van der Waals surface area (Å²) in [5.74, 6) is -0.183. The standard InChI is InChI=1S/C16H16FNO/c1-12-5-6-14(17)10-13(12)11-16(19)8-7-15-4-2-3-9-18-15/h2-6,9-10H,7-8,11H2,1H3. The smallest absolute Gasteiger partial charge is 0.137 e. The Morgan fingerprint density at radius 2 is 2.11 bits per heavy atom. The molecule has 0 aliphatic heterocycles. The van der Waals surface area contributed by atoms with Crippen LogP contribution in [0.3, 0.4) is 0 Å². The number of rotatable bonds is 5. The minimum Gasteiger partial charge on any atom is -0.299 e. The Kier molecular flexibility index (Phi) is 4.39. The molecule has 0 spiro atoms. The Labute approximate surface area is 112 Å². The number of hydrogen-bond acceptors (Lipinski definition) is 2. The van der Waals surface area contributed by atoms with Gasteiger partial charge in [0, 0.05) is 24.7 Å². The molecule has 1 heterocycles. The molecule has 0 N–H and O–H groups in total. The molecule has 19 heavy (non-hydrogen) atoms. The molecule has 2 nitrogen and oxygen atoms in total. The summed E-state index contributed by atoms with van der Waals surface area (Å²) in [5, 5.41) is 0. The molecule has 0 amide bonds. The number of halogens is 1. The number of carbonyl (C=O) groups is 1. The molecule has 0 saturated carbocycles. The quantitative estimate of drug-likeness (QED) is 0.822. The van der Waals surface area contributed by atoms with Gasteiger partial charge in [-0.1, -0.05) is 12.1 Å². The average Bonchev–Trinajstić information content (AvgIpc) is 2.42. The van der Waals surface area contributed by atoms with E-state index in [9.17, 15) is 9.18 Å². The zero-order valence-corrected chi connectivity index (χ0v) is 10.9. The summed E-state index contributed by atoms with van der Waals surface area (Å²) >= 11 is 0. The van der Waals surface area contributed by atoms with E-state index in [2.05, 4.69) is 4.98 Å². The number of carbonyl (C=O) groups excluding carboxylic acids is 1. The normalized spacial score (nSPS) is 10.4. The average molecular weight is 257 g/mol. The van der Waals surface area contributed by atoms with Gasteiger partial charge < -0.3 is 0 Å². The summed E-state index contributed by atoms with van der Waals surface area (Å²) in [7, 11) is 0. The van der Waals surface area contributed by atoms with E-state index in [1.807, 2.05) is 25.1 Å². The predicted molar refractivity (Wildman–Crippen MR) is 72.4 cm³/mol. The van der Waals surface area contributed by atoms with Crippen molar-refractivity contribution in [3.05, 3.63) is 65.2 Å². The molecule has 0 radical (unpaired) electrons. The molecule has 1 aromatic carbocycles. The third-order valence-corrected chi connectivity index (χ3v) is 3.08. The van der Waals surface area contributed by atoms with E-state index in [-0.39, 0.29) is 18.0 Å². The maximum Gasteiger partial charge on any atom is 0.137 e. The Morgan fingerprint density at radius 1 is 1.26 bits per heavy atom. The van der Waals surface area contributed by atoms with Crippen molar-refractivity contribution in [2.45, 2.75) is 26.2 Å². The number of ketones is 1. The number of aromatic nitrogens is 1. The van der Waals surface area contributed by atoms with Crippen molar-refractivity contribution in [2.24, 2.45) is 0 Å². The van der Waals surface area contributed by atoms with E-state index < -0.39 is 0 Å². The lowest BCUT2D eigenvalue weighted by Crippen LogP contribution is -2.06. The van der Waals surface area contributed by atoms with Gasteiger partial charge in [-0.15, -0.1) is 0 Å². The van der Waals surface area contributed by atoms with Gasteiger partial charge >= 0.3 is 0 Å². The Morgan fingerprint density at radius 3 is 2.84 bits per heavy atom. The van der Waals surface area contributed by atoms with E-state index in [4.69, 9.17) is 0 Å². The van der Waals surface area contributed by atoms with Crippen LogP contribution in [-0.2, 0) is 17.6 Å². The second kappa shape index (κ2) is 6.23. The fourth-order valence-corrected chi connectivity index (χ4v) is 1.94. The van der Waals surface area contributed by atoms with Crippen LogP contribution in [0.25, 0.3) is 0 Å². The van der Waals surface area contributed by atoms with E-state index in [1.54, 1.807) is 12.3 Å². The molecule has 0 fully saturated rings. The van der Waals surface area contributed by atoms with Crippen LogP contribution in [0.1, 0.15) is 23.2 Å². The first-order valence-corrected chi connectivity index (χ1v) is 6.32. The maximum absolute atomic E-state index is 13.1. The second-order valence-corrected chi connectivity index (χ2v) is 4.61. The third-order valence-electron chi connectivity index (χ3n) is 3.08. The first-order valence-electron chi connectivity index (χ1n) is 6.32. The zero-order valence-electron chi connectivity index (χ0n) is 10.9. The van der Waals surface area contributed by atoms with Gasteiger partial charge in [-0.3, -0.25) is 9.78 Å². The van der Waals surface area contributed by atoms with Crippen molar-refractivity contribution in [1.82, 2.24) is 4.98 Å². The Hall–Kier alpha value is -2.03. The van der Waals surface area contributed by atoms with Crippen molar-refractivity contribution < 1.29 is 9.18 Å². The summed E-state index contributed by atoms with van der Waals surface area (Å²) in [6, 6.07) is 10.2. The van der Waals surface area contributed by atoms with E-state index in [0.717, 1.165) is 16.8 Å². The fraction of sp³-hybridized carbons (Fsp3) is 0.250. The van der Waals surface area contributed by atoms with Crippen molar-refractivity contribution in [2.75, 3.05) is 0 Å². The van der Waals surface area contributed by atoms with Crippen molar-refractivity contribution in [3.8, 4) is 0 Å². The van der Waals surface area contributed by atoms with Crippen LogP contribution in [0.4, 0.5) is 4.39 Å². The zero-order chi connectivity index (χ0) is 13.7. The largest absolute Gasteiger partial charge is 0.299 e. The molecule has 0 atom stereocenters. The number of hydrogen-bond donors (Lipinski definition) is 0. The summed E-state index contributed by atoms with van der Waals surface area (Å²) in [6.07, 6.45) is 3.08. The van der Waals surface area contributed by atoms with Crippen LogP contribution in [0.2, 0.25) is 0 Å². The predicted octanol–water partition coefficient (Wildman–Crippen LogP) is 3.27. The number of aryl methyl sites for hydroxylation is 2. The van der Waals surface area contributed by atoms with Crippen LogP contribution < -0.4 is 0 Å². The number of benzene rings is 1. The molecule has 0 saturated heterocycles. The third kappa shape index (κ3) is 3.98. The highest BCUT2D eigenvalue weighted by Gasteiger charge is 2.08. The lowest BCUT2D eigenvalue weighted by molar-refractivity contribution is -0.118. The van der Waals surface area contributed by atoms with Crippen LogP contribution in [0.15, 0.2) is 42.6 Å². The molecule has 3 heteroatoms. The van der Waals surface area contributed by atoms with Gasteiger partial charge in [0.25, 0.3) is 0 Å². The fourth-order valence-electron chi connectivity index (χ4n) is 1.94. The van der Waals surface area contributed by atoms with E-state index >= 15 is 0 Å². The summed E-state index contributed by atoms with van der Waals surface area (Å²) < 4.78 is 13.1. The van der Waals surface area contributed by atoms with Crippen molar-refractivity contribution >= 4 is 5.78 Å². The lowest BCUT2D eigenvalue weighted by atomic mass is 10.0. The van der Waals surface area contributed by atoms with Crippen molar-refractivity contribution in [3.63, 3.8) is 0 Å². The molecule has 1 aromatic heterocycles. The molecular formula is C16H16FNO. The highest BCUT2D eigenvalue weighted by Crippen LogP contribution is 2.12. The van der Waals surface area contributed by atoms with Gasteiger partial charge in [0.1, 0.15) is 11.6 Å². The molecular weight excluding hydrogens is 241 g/mol. The first kappa shape index (κ1) is 13.4. The van der Waals surface area contributed by atoms with E-state index in [1.165, 1.54) is 12.1 Å². The topological polar surface area (TPSA) is 30.0 Å². The lowest BCUT2D eigenvalue weighted by Gasteiger charge is -2.05. The van der Waals surface area contributed by atoms with Gasteiger partial charge in [0.15, 0.2) is 0 Å². The summed E-state index contributed by atoms with van der Waals surface area (Å²) in [5.41, 5.74) is 2.63. The van der Waals surface area contributed by atoms with Crippen LogP contribution in [0.5, 0.6) is 0 Å². The first-order chi connectivity index (χ1) is 9.15. The van der Waals surface area contributed by atoms with Gasteiger partial charge in [0.05, 0.1) is 0 Å². The molecule has 0 bridgehead atoms. The molecule has 98 valence electrons.